The molecule has 1 aromatic heterocycles. The lowest BCUT2D eigenvalue weighted by Gasteiger charge is -2.05. The van der Waals surface area contributed by atoms with Crippen LogP contribution in [0.1, 0.15) is 27.2 Å². The fourth-order valence-corrected chi connectivity index (χ4v) is 2.80. The molecule has 0 spiro atoms. The number of carbonyl (C=O) groups is 1. The second-order valence-corrected chi connectivity index (χ2v) is 7.50. The highest BCUT2D eigenvalue weighted by Crippen LogP contribution is 2.09. The molecule has 0 saturated carbocycles. The number of aromatic nitrogens is 1. The van der Waals surface area contributed by atoms with E-state index >= 15 is 0 Å². The van der Waals surface area contributed by atoms with Gasteiger partial charge in [-0.2, -0.15) is 0 Å². The summed E-state index contributed by atoms with van der Waals surface area (Å²) < 4.78 is 33.2. The second-order valence-electron chi connectivity index (χ2n) is 6.12. The van der Waals surface area contributed by atoms with Crippen LogP contribution in [0.25, 0.3) is 12.2 Å². The standard InChI is InChI=1S/C15H14NO.C7H8O3S/c1-16-10-3-2-7-15(16)9-8-13-5-4-6-14(11-13)12-17;1-6-2-4-7(5-3-6)11(8,9)10/h2-12H,1H3;2-5H,1H3,(H,8,9,10)/q+1;/p-1/b9-8+;. The summed E-state index contributed by atoms with van der Waals surface area (Å²) in [4.78, 5) is 10.5. The molecule has 0 bridgehead atoms. The quantitative estimate of drug-likeness (QED) is 0.385. The highest BCUT2D eigenvalue weighted by Gasteiger charge is 1.99. The molecule has 1 heterocycles. The van der Waals surface area contributed by atoms with Crippen molar-refractivity contribution in [1.29, 1.82) is 0 Å². The van der Waals surface area contributed by atoms with Crippen LogP contribution in [0.5, 0.6) is 0 Å². The third-order valence-electron chi connectivity index (χ3n) is 3.90. The minimum absolute atomic E-state index is 0.178. The van der Waals surface area contributed by atoms with Crippen molar-refractivity contribution in [1.82, 2.24) is 0 Å². The molecule has 0 aliphatic carbocycles. The molecule has 5 nitrogen and oxygen atoms in total. The average Bonchev–Trinajstić information content (AvgIpc) is 2.68. The first-order chi connectivity index (χ1) is 13.3. The first-order valence-corrected chi connectivity index (χ1v) is 9.91. The van der Waals surface area contributed by atoms with Crippen molar-refractivity contribution in [3.8, 4) is 0 Å². The summed E-state index contributed by atoms with van der Waals surface area (Å²) in [6.07, 6.45) is 6.90. The molecular formula is C22H21NO4S. The van der Waals surface area contributed by atoms with Gasteiger partial charge in [-0.1, -0.05) is 35.9 Å². The first kappa shape index (κ1) is 21.2. The van der Waals surface area contributed by atoms with E-state index in [4.69, 9.17) is 0 Å². The third-order valence-corrected chi connectivity index (χ3v) is 4.75. The molecule has 0 aliphatic rings. The highest BCUT2D eigenvalue weighted by molar-refractivity contribution is 7.85. The molecule has 0 atom stereocenters. The number of carbonyl (C=O) groups excluding carboxylic acids is 1. The van der Waals surface area contributed by atoms with Crippen molar-refractivity contribution >= 4 is 28.6 Å². The Bertz CT molecular complexity index is 1070. The van der Waals surface area contributed by atoms with Crippen LogP contribution in [0.2, 0.25) is 0 Å². The minimum Gasteiger partial charge on any atom is -0.744 e. The van der Waals surface area contributed by atoms with E-state index in [0.717, 1.165) is 23.1 Å². The van der Waals surface area contributed by atoms with Crippen LogP contribution in [-0.4, -0.2) is 19.3 Å². The Labute approximate surface area is 165 Å². The zero-order chi connectivity index (χ0) is 20.6. The van der Waals surface area contributed by atoms with Crippen molar-refractivity contribution in [3.63, 3.8) is 0 Å². The summed E-state index contributed by atoms with van der Waals surface area (Å²) >= 11 is 0. The van der Waals surface area contributed by atoms with Gasteiger partial charge in [-0.05, 0) is 42.8 Å². The van der Waals surface area contributed by atoms with E-state index in [-0.39, 0.29) is 4.90 Å². The number of pyridine rings is 1. The molecule has 28 heavy (non-hydrogen) atoms. The Balaban J connectivity index is 0.000000221. The zero-order valence-electron chi connectivity index (χ0n) is 15.6. The van der Waals surface area contributed by atoms with Crippen LogP contribution < -0.4 is 4.57 Å². The van der Waals surface area contributed by atoms with E-state index in [1.807, 2.05) is 73.3 Å². The van der Waals surface area contributed by atoms with Crippen LogP contribution in [0, 0.1) is 6.92 Å². The van der Waals surface area contributed by atoms with Gasteiger partial charge in [0.2, 0.25) is 5.69 Å². The van der Waals surface area contributed by atoms with Gasteiger partial charge in [0.1, 0.15) is 23.5 Å². The van der Waals surface area contributed by atoms with Crippen molar-refractivity contribution in [2.24, 2.45) is 7.05 Å². The summed E-state index contributed by atoms with van der Waals surface area (Å²) in [5.41, 5.74) is 3.77. The van der Waals surface area contributed by atoms with Gasteiger partial charge < -0.3 is 4.55 Å². The molecule has 0 saturated heterocycles. The molecule has 0 N–H and O–H groups in total. The van der Waals surface area contributed by atoms with Gasteiger partial charge in [-0.3, -0.25) is 4.79 Å². The van der Waals surface area contributed by atoms with E-state index in [1.165, 1.54) is 12.1 Å². The van der Waals surface area contributed by atoms with Crippen LogP contribution in [0.3, 0.4) is 0 Å². The van der Waals surface area contributed by atoms with Crippen molar-refractivity contribution < 1.29 is 22.3 Å². The van der Waals surface area contributed by atoms with Gasteiger partial charge in [0.25, 0.3) is 0 Å². The lowest BCUT2D eigenvalue weighted by Crippen LogP contribution is -2.30. The summed E-state index contributed by atoms with van der Waals surface area (Å²) in [6, 6.07) is 19.3. The first-order valence-electron chi connectivity index (χ1n) is 8.50. The van der Waals surface area contributed by atoms with E-state index in [0.29, 0.717) is 5.56 Å². The summed E-state index contributed by atoms with van der Waals surface area (Å²) in [5, 5.41) is 0. The number of hydrogen-bond donors (Lipinski definition) is 0. The maximum atomic E-state index is 10.7. The third kappa shape index (κ3) is 6.57. The summed E-state index contributed by atoms with van der Waals surface area (Å²) in [7, 11) is -2.27. The van der Waals surface area contributed by atoms with E-state index in [1.54, 1.807) is 18.2 Å². The molecule has 0 radical (unpaired) electrons. The zero-order valence-corrected chi connectivity index (χ0v) is 16.5. The second kappa shape index (κ2) is 9.73. The average molecular weight is 395 g/mol. The normalized spacial score (nSPS) is 11.0. The Morgan fingerprint density at radius 1 is 0.893 bits per heavy atom. The fourth-order valence-electron chi connectivity index (χ4n) is 2.33. The van der Waals surface area contributed by atoms with E-state index < -0.39 is 10.1 Å². The van der Waals surface area contributed by atoms with Gasteiger partial charge in [0.05, 0.1) is 4.90 Å². The molecule has 0 amide bonds. The molecule has 0 fully saturated rings. The van der Waals surface area contributed by atoms with Crippen molar-refractivity contribution in [2.45, 2.75) is 11.8 Å². The van der Waals surface area contributed by atoms with Gasteiger partial charge in [0, 0.05) is 23.8 Å². The lowest BCUT2D eigenvalue weighted by molar-refractivity contribution is -0.673. The summed E-state index contributed by atoms with van der Waals surface area (Å²) in [5.74, 6) is 0. The number of aldehydes is 1. The van der Waals surface area contributed by atoms with Gasteiger partial charge >= 0.3 is 0 Å². The van der Waals surface area contributed by atoms with Crippen LogP contribution in [0.4, 0.5) is 0 Å². The van der Waals surface area contributed by atoms with Gasteiger partial charge in [0.15, 0.2) is 6.20 Å². The van der Waals surface area contributed by atoms with Crippen molar-refractivity contribution in [2.75, 3.05) is 0 Å². The largest absolute Gasteiger partial charge is 0.744 e. The highest BCUT2D eigenvalue weighted by atomic mass is 32.2. The predicted molar refractivity (Wildman–Crippen MR) is 108 cm³/mol. The van der Waals surface area contributed by atoms with Crippen LogP contribution in [0.15, 0.2) is 77.8 Å². The number of benzene rings is 2. The molecule has 3 aromatic rings. The molecule has 3 rings (SSSR count). The van der Waals surface area contributed by atoms with Crippen molar-refractivity contribution in [3.05, 3.63) is 95.3 Å². The molecule has 144 valence electrons. The molecule has 6 heteroatoms. The van der Waals surface area contributed by atoms with Gasteiger partial charge in [-0.15, -0.1) is 0 Å². The van der Waals surface area contributed by atoms with Crippen LogP contribution in [-0.2, 0) is 17.2 Å². The minimum atomic E-state index is -4.27. The topological polar surface area (TPSA) is 78.1 Å². The Hall–Kier alpha value is -3.09. The van der Waals surface area contributed by atoms with Gasteiger partial charge in [-0.25, -0.2) is 13.0 Å². The Morgan fingerprint density at radius 2 is 1.57 bits per heavy atom. The number of nitrogens with zero attached hydrogens (tertiary/aromatic N) is 1. The lowest BCUT2D eigenvalue weighted by atomic mass is 10.1. The number of rotatable bonds is 4. The number of hydrogen-bond acceptors (Lipinski definition) is 4. The molecule has 0 aliphatic heterocycles. The summed E-state index contributed by atoms with van der Waals surface area (Å²) in [6.45, 7) is 1.82. The van der Waals surface area contributed by atoms with E-state index in [2.05, 4.69) is 0 Å². The molecular weight excluding hydrogens is 374 g/mol. The SMILES string of the molecule is C[n+]1ccccc1/C=C/c1cccc(C=O)c1.Cc1ccc(S(=O)(=O)[O-])cc1. The maximum Gasteiger partial charge on any atom is 0.204 e. The maximum absolute atomic E-state index is 10.7. The molecule has 2 aromatic carbocycles. The molecule has 0 unspecified atom stereocenters. The number of aryl methyl sites for hydroxylation is 2. The Kier molecular flexibility index (Phi) is 7.37. The Morgan fingerprint density at radius 3 is 2.18 bits per heavy atom. The predicted octanol–water partition coefficient (Wildman–Crippen LogP) is 3.39. The smallest absolute Gasteiger partial charge is 0.204 e. The fraction of sp³-hybridized carbons (Fsp3) is 0.0909. The van der Waals surface area contributed by atoms with E-state index in [9.17, 15) is 17.8 Å². The van der Waals surface area contributed by atoms with Crippen LogP contribution >= 0.6 is 0 Å². The monoisotopic (exact) mass is 395 g/mol.